The van der Waals surface area contributed by atoms with E-state index in [-0.39, 0.29) is 6.03 Å². The fraction of sp³-hybridized carbons (Fsp3) is 0.222. The first kappa shape index (κ1) is 16.2. The molecule has 2 aromatic heterocycles. The fourth-order valence-electron chi connectivity index (χ4n) is 3.11. The van der Waals surface area contributed by atoms with Crippen LogP contribution >= 0.6 is 23.2 Å². The maximum atomic E-state index is 12.5. The second kappa shape index (κ2) is 6.58. The van der Waals surface area contributed by atoms with E-state index < -0.39 is 0 Å². The fourth-order valence-corrected chi connectivity index (χ4v) is 3.70. The third-order valence-electron chi connectivity index (χ3n) is 4.45. The molecular formula is C18H16Cl2N4O. The molecule has 0 saturated carbocycles. The van der Waals surface area contributed by atoms with Gasteiger partial charge in [0.1, 0.15) is 5.65 Å². The SMILES string of the molecule is O=C(NCc1ccn2ccnc2c1)N1CCc2cc(Cl)cc(Cl)c2C1. The summed E-state index contributed by atoms with van der Waals surface area (Å²) in [5, 5.41) is 4.22. The highest BCUT2D eigenvalue weighted by atomic mass is 35.5. The molecule has 0 bridgehead atoms. The zero-order valence-electron chi connectivity index (χ0n) is 13.4. The molecule has 5 nitrogen and oxygen atoms in total. The number of hydrogen-bond donors (Lipinski definition) is 1. The summed E-state index contributed by atoms with van der Waals surface area (Å²) in [4.78, 5) is 18.5. The largest absolute Gasteiger partial charge is 0.334 e. The van der Waals surface area contributed by atoms with E-state index >= 15 is 0 Å². The maximum absolute atomic E-state index is 12.5. The summed E-state index contributed by atoms with van der Waals surface area (Å²) in [5.74, 6) is 0. The molecule has 128 valence electrons. The van der Waals surface area contributed by atoms with Crippen molar-refractivity contribution in [1.29, 1.82) is 0 Å². The Morgan fingerprint density at radius 1 is 1.24 bits per heavy atom. The van der Waals surface area contributed by atoms with Crippen LogP contribution in [-0.4, -0.2) is 26.9 Å². The summed E-state index contributed by atoms with van der Waals surface area (Å²) in [6, 6.07) is 7.49. The van der Waals surface area contributed by atoms with Crippen molar-refractivity contribution in [3.05, 3.63) is 69.6 Å². The molecule has 3 aromatic rings. The second-order valence-electron chi connectivity index (χ2n) is 6.08. The maximum Gasteiger partial charge on any atom is 0.317 e. The summed E-state index contributed by atoms with van der Waals surface area (Å²) in [6.45, 7) is 1.60. The molecule has 1 aromatic carbocycles. The van der Waals surface area contributed by atoms with Gasteiger partial charge >= 0.3 is 6.03 Å². The van der Waals surface area contributed by atoms with Crippen molar-refractivity contribution in [2.45, 2.75) is 19.5 Å². The molecule has 0 fully saturated rings. The lowest BCUT2D eigenvalue weighted by molar-refractivity contribution is 0.192. The van der Waals surface area contributed by atoms with Gasteiger partial charge in [-0.2, -0.15) is 0 Å². The Balaban J connectivity index is 1.43. The number of aromatic nitrogens is 2. The lowest BCUT2D eigenvalue weighted by atomic mass is 10.00. The van der Waals surface area contributed by atoms with Crippen molar-refractivity contribution < 1.29 is 4.79 Å². The summed E-state index contributed by atoms with van der Waals surface area (Å²) in [6.07, 6.45) is 6.32. The number of halogens is 2. The number of nitrogens with zero attached hydrogens (tertiary/aromatic N) is 3. The molecule has 0 unspecified atom stereocenters. The Bertz CT molecular complexity index is 953. The quantitative estimate of drug-likeness (QED) is 0.739. The van der Waals surface area contributed by atoms with Gasteiger partial charge < -0.3 is 14.6 Å². The van der Waals surface area contributed by atoms with Crippen LogP contribution in [0.25, 0.3) is 5.65 Å². The molecule has 0 aliphatic carbocycles. The molecule has 1 N–H and O–H groups in total. The first-order chi connectivity index (χ1) is 12.1. The monoisotopic (exact) mass is 374 g/mol. The Morgan fingerprint density at radius 3 is 3.00 bits per heavy atom. The molecule has 0 saturated heterocycles. The Hall–Kier alpha value is -2.24. The summed E-state index contributed by atoms with van der Waals surface area (Å²) >= 11 is 12.3. The standard InChI is InChI=1S/C18H16Cl2N4O/c19-14-8-13-2-5-24(11-15(13)16(20)9-14)18(25)22-10-12-1-4-23-6-3-21-17(23)7-12/h1,3-4,6-9H,2,5,10-11H2,(H,22,25). The number of urea groups is 1. The normalized spacial score (nSPS) is 13.8. The Labute approximate surface area is 155 Å². The summed E-state index contributed by atoms with van der Waals surface area (Å²) in [7, 11) is 0. The lowest BCUT2D eigenvalue weighted by Crippen LogP contribution is -2.42. The van der Waals surface area contributed by atoms with Crippen LogP contribution in [0, 0.1) is 0 Å². The number of amides is 2. The van der Waals surface area contributed by atoms with Crippen LogP contribution in [0.2, 0.25) is 10.0 Å². The van der Waals surface area contributed by atoms with Crippen LogP contribution in [0.1, 0.15) is 16.7 Å². The van der Waals surface area contributed by atoms with Crippen LogP contribution in [-0.2, 0) is 19.5 Å². The van der Waals surface area contributed by atoms with E-state index in [1.807, 2.05) is 35.0 Å². The van der Waals surface area contributed by atoms with Crippen LogP contribution < -0.4 is 5.32 Å². The van der Waals surface area contributed by atoms with Crippen LogP contribution in [0.5, 0.6) is 0 Å². The molecule has 2 amide bonds. The molecule has 4 rings (SSSR count). The molecule has 7 heteroatoms. The van der Waals surface area contributed by atoms with Gasteiger partial charge in [-0.25, -0.2) is 9.78 Å². The average Bonchev–Trinajstić information content (AvgIpc) is 3.07. The molecule has 1 aliphatic heterocycles. The highest BCUT2D eigenvalue weighted by Gasteiger charge is 2.22. The highest BCUT2D eigenvalue weighted by Crippen LogP contribution is 2.29. The number of pyridine rings is 1. The van der Waals surface area contributed by atoms with Crippen molar-refractivity contribution >= 4 is 34.9 Å². The third kappa shape index (κ3) is 3.30. The lowest BCUT2D eigenvalue weighted by Gasteiger charge is -2.29. The van der Waals surface area contributed by atoms with E-state index in [4.69, 9.17) is 23.2 Å². The van der Waals surface area contributed by atoms with Gasteiger partial charge in [-0.15, -0.1) is 0 Å². The van der Waals surface area contributed by atoms with E-state index in [1.165, 1.54) is 0 Å². The molecule has 3 heterocycles. The van der Waals surface area contributed by atoms with Gasteiger partial charge in [-0.3, -0.25) is 0 Å². The number of fused-ring (bicyclic) bond motifs is 2. The van der Waals surface area contributed by atoms with Gasteiger partial charge in [0.05, 0.1) is 0 Å². The zero-order valence-corrected chi connectivity index (χ0v) is 14.9. The van der Waals surface area contributed by atoms with Crippen molar-refractivity contribution in [1.82, 2.24) is 19.6 Å². The number of carbonyl (C=O) groups is 1. The van der Waals surface area contributed by atoms with Crippen LogP contribution in [0.4, 0.5) is 4.79 Å². The first-order valence-corrected chi connectivity index (χ1v) is 8.77. The smallest absolute Gasteiger partial charge is 0.317 e. The van der Waals surface area contributed by atoms with Gasteiger partial charge in [0.2, 0.25) is 0 Å². The van der Waals surface area contributed by atoms with E-state index in [9.17, 15) is 4.79 Å². The molecule has 25 heavy (non-hydrogen) atoms. The van der Waals surface area contributed by atoms with E-state index in [1.54, 1.807) is 17.2 Å². The van der Waals surface area contributed by atoms with Gasteiger partial charge in [-0.05, 0) is 47.4 Å². The van der Waals surface area contributed by atoms with Crippen molar-refractivity contribution in [3.8, 4) is 0 Å². The number of hydrogen-bond acceptors (Lipinski definition) is 2. The van der Waals surface area contributed by atoms with Crippen LogP contribution in [0.3, 0.4) is 0 Å². The zero-order chi connectivity index (χ0) is 17.4. The van der Waals surface area contributed by atoms with Gasteiger partial charge in [0, 0.05) is 48.3 Å². The van der Waals surface area contributed by atoms with E-state index in [0.29, 0.717) is 29.7 Å². The van der Waals surface area contributed by atoms with Gasteiger partial charge in [0.25, 0.3) is 0 Å². The van der Waals surface area contributed by atoms with Gasteiger partial charge in [-0.1, -0.05) is 23.2 Å². The molecule has 1 aliphatic rings. The number of rotatable bonds is 2. The number of carbonyl (C=O) groups excluding carboxylic acids is 1. The Kier molecular flexibility index (Phi) is 4.27. The minimum Gasteiger partial charge on any atom is -0.334 e. The predicted molar refractivity (Wildman–Crippen MR) is 98.0 cm³/mol. The first-order valence-electron chi connectivity index (χ1n) is 8.01. The molecular weight excluding hydrogens is 359 g/mol. The van der Waals surface area contributed by atoms with E-state index in [0.717, 1.165) is 28.8 Å². The van der Waals surface area contributed by atoms with Crippen molar-refractivity contribution in [2.24, 2.45) is 0 Å². The topological polar surface area (TPSA) is 49.6 Å². The molecule has 0 atom stereocenters. The third-order valence-corrected chi connectivity index (χ3v) is 5.00. The summed E-state index contributed by atoms with van der Waals surface area (Å²) < 4.78 is 1.93. The second-order valence-corrected chi connectivity index (χ2v) is 6.93. The predicted octanol–water partition coefficient (Wildman–Crippen LogP) is 3.91. The summed E-state index contributed by atoms with van der Waals surface area (Å²) in [5.41, 5.74) is 3.97. The number of benzene rings is 1. The minimum absolute atomic E-state index is 0.0973. The average molecular weight is 375 g/mol. The van der Waals surface area contributed by atoms with Crippen LogP contribution in [0.15, 0.2) is 42.9 Å². The number of nitrogens with one attached hydrogen (secondary N) is 1. The van der Waals surface area contributed by atoms with Crippen molar-refractivity contribution in [3.63, 3.8) is 0 Å². The molecule has 0 spiro atoms. The Morgan fingerprint density at radius 2 is 2.12 bits per heavy atom. The highest BCUT2D eigenvalue weighted by molar-refractivity contribution is 6.35. The van der Waals surface area contributed by atoms with Crippen molar-refractivity contribution in [2.75, 3.05) is 6.54 Å². The van der Waals surface area contributed by atoms with Gasteiger partial charge in [0.15, 0.2) is 0 Å². The van der Waals surface area contributed by atoms with E-state index in [2.05, 4.69) is 10.3 Å². The minimum atomic E-state index is -0.0973. The number of imidazole rings is 1. The molecule has 0 radical (unpaired) electrons.